The molecule has 1 aliphatic rings. The molecule has 0 bridgehead atoms. The van der Waals surface area contributed by atoms with Crippen molar-refractivity contribution in [1.29, 1.82) is 0 Å². The fraction of sp³-hybridized carbons (Fsp3) is 0.471. The number of hydrogen-bond donors (Lipinski definition) is 1. The highest BCUT2D eigenvalue weighted by Crippen LogP contribution is 2.28. The second-order valence-corrected chi connectivity index (χ2v) is 7.51. The van der Waals surface area contributed by atoms with Crippen molar-refractivity contribution < 1.29 is 0 Å². The monoisotopic (exact) mass is 395 g/mol. The predicted octanol–water partition coefficient (Wildman–Crippen LogP) is 4.14. The van der Waals surface area contributed by atoms with Crippen LogP contribution in [-0.2, 0) is 0 Å². The first kappa shape index (κ1) is 15.0. The van der Waals surface area contributed by atoms with Gasteiger partial charge in [0.05, 0.1) is 10.1 Å². The summed E-state index contributed by atoms with van der Waals surface area (Å²) < 4.78 is 0.568. The van der Waals surface area contributed by atoms with Crippen LogP contribution >= 0.6 is 22.6 Å². The molecular formula is C17H22IN3. The molecule has 1 N–H and O–H groups in total. The molecule has 3 rings (SSSR count). The molecule has 4 heteroatoms. The molecule has 0 amide bonds. The summed E-state index contributed by atoms with van der Waals surface area (Å²) in [5, 5.41) is 6.16. The molecule has 0 spiro atoms. The Bertz CT molecular complexity index is 614. The van der Waals surface area contributed by atoms with Crippen LogP contribution in [0.25, 0.3) is 10.8 Å². The van der Waals surface area contributed by atoms with E-state index in [1.54, 1.807) is 0 Å². The lowest BCUT2D eigenvalue weighted by Gasteiger charge is -2.25. The van der Waals surface area contributed by atoms with E-state index in [9.17, 15) is 0 Å². The summed E-state index contributed by atoms with van der Waals surface area (Å²) in [6.07, 6.45) is 4.99. The molecule has 1 fully saturated rings. The van der Waals surface area contributed by atoms with Crippen LogP contribution in [0.5, 0.6) is 0 Å². The van der Waals surface area contributed by atoms with Crippen LogP contribution in [0.2, 0.25) is 0 Å². The minimum Gasteiger partial charge on any atom is -0.380 e. The first-order chi connectivity index (χ1) is 10.1. The number of nitrogens with zero attached hydrogens (tertiary/aromatic N) is 2. The van der Waals surface area contributed by atoms with Crippen molar-refractivity contribution >= 4 is 39.1 Å². The average molecular weight is 395 g/mol. The maximum absolute atomic E-state index is 4.17. The van der Waals surface area contributed by atoms with Crippen molar-refractivity contribution in [3.05, 3.63) is 36.7 Å². The number of pyridine rings is 1. The molecular weight excluding hydrogens is 373 g/mol. The third kappa shape index (κ3) is 3.48. The van der Waals surface area contributed by atoms with Crippen molar-refractivity contribution in [3.63, 3.8) is 0 Å². The number of alkyl halides is 1. The summed E-state index contributed by atoms with van der Waals surface area (Å²) in [7, 11) is 0. The van der Waals surface area contributed by atoms with E-state index in [0.717, 1.165) is 5.92 Å². The van der Waals surface area contributed by atoms with Crippen LogP contribution in [0.4, 0.5) is 5.69 Å². The number of aromatic nitrogens is 1. The van der Waals surface area contributed by atoms with Crippen molar-refractivity contribution in [2.75, 3.05) is 18.4 Å². The standard InChI is InChI=1S/C17H22IN3/c1-12(2)11-21-8-6-16(17(21)18)20-15-4-3-14-10-19-7-5-13(14)9-15/h3-5,7,9-10,12,16-17,20H,6,8,11H2,1-2H3. The molecule has 2 unspecified atom stereocenters. The SMILES string of the molecule is CC(C)CN1CCC(Nc2ccc3cnccc3c2)C1I. The molecule has 112 valence electrons. The molecule has 2 heterocycles. The van der Waals surface area contributed by atoms with Crippen LogP contribution in [0.3, 0.4) is 0 Å². The Hall–Kier alpha value is -0.880. The van der Waals surface area contributed by atoms with Crippen LogP contribution in [0.1, 0.15) is 20.3 Å². The Morgan fingerprint density at radius 2 is 2.19 bits per heavy atom. The zero-order chi connectivity index (χ0) is 14.8. The first-order valence-corrected chi connectivity index (χ1v) is 8.86. The molecule has 2 aromatic rings. The van der Waals surface area contributed by atoms with Gasteiger partial charge in [-0.2, -0.15) is 0 Å². The van der Waals surface area contributed by atoms with Gasteiger partial charge in [-0.15, -0.1) is 0 Å². The lowest BCUT2D eigenvalue weighted by Crippen LogP contribution is -2.35. The number of anilines is 1. The summed E-state index contributed by atoms with van der Waals surface area (Å²) in [5.41, 5.74) is 1.21. The quantitative estimate of drug-likeness (QED) is 0.479. The summed E-state index contributed by atoms with van der Waals surface area (Å²) in [4.78, 5) is 6.76. The van der Waals surface area contributed by atoms with E-state index in [2.05, 4.69) is 75.9 Å². The van der Waals surface area contributed by atoms with Crippen LogP contribution < -0.4 is 5.32 Å². The van der Waals surface area contributed by atoms with E-state index >= 15 is 0 Å². The van der Waals surface area contributed by atoms with Gasteiger partial charge in [0, 0.05) is 36.6 Å². The summed E-state index contributed by atoms with van der Waals surface area (Å²) in [6.45, 7) is 6.97. The van der Waals surface area contributed by atoms with E-state index in [1.807, 2.05) is 12.4 Å². The van der Waals surface area contributed by atoms with Crippen LogP contribution in [-0.4, -0.2) is 33.1 Å². The molecule has 3 nitrogen and oxygen atoms in total. The highest BCUT2D eigenvalue weighted by atomic mass is 127. The first-order valence-electron chi connectivity index (χ1n) is 7.62. The molecule has 1 aromatic heterocycles. The maximum atomic E-state index is 4.17. The van der Waals surface area contributed by atoms with Gasteiger partial charge >= 0.3 is 0 Å². The molecule has 2 atom stereocenters. The van der Waals surface area contributed by atoms with Gasteiger partial charge in [-0.25, -0.2) is 0 Å². The fourth-order valence-corrected chi connectivity index (χ4v) is 4.05. The van der Waals surface area contributed by atoms with Crippen molar-refractivity contribution in [1.82, 2.24) is 9.88 Å². The molecule has 0 aliphatic carbocycles. The Morgan fingerprint density at radius 1 is 1.33 bits per heavy atom. The van der Waals surface area contributed by atoms with Gasteiger partial charge in [0.25, 0.3) is 0 Å². The molecule has 21 heavy (non-hydrogen) atoms. The van der Waals surface area contributed by atoms with Crippen LogP contribution in [0, 0.1) is 5.92 Å². The van der Waals surface area contributed by atoms with Gasteiger partial charge in [-0.1, -0.05) is 42.5 Å². The smallest absolute Gasteiger partial charge is 0.0823 e. The third-order valence-electron chi connectivity index (χ3n) is 4.00. The average Bonchev–Trinajstić information content (AvgIpc) is 2.80. The van der Waals surface area contributed by atoms with E-state index in [0.29, 0.717) is 10.1 Å². The van der Waals surface area contributed by atoms with Crippen molar-refractivity contribution in [2.24, 2.45) is 5.92 Å². The third-order valence-corrected chi connectivity index (χ3v) is 5.66. The highest BCUT2D eigenvalue weighted by molar-refractivity contribution is 14.1. The number of likely N-dealkylation sites (tertiary alicyclic amines) is 1. The predicted molar refractivity (Wildman–Crippen MR) is 98.0 cm³/mol. The minimum atomic E-state index is 0.531. The maximum Gasteiger partial charge on any atom is 0.0823 e. The molecule has 1 aliphatic heterocycles. The summed E-state index contributed by atoms with van der Waals surface area (Å²) >= 11 is 2.59. The Morgan fingerprint density at radius 3 is 3.00 bits per heavy atom. The zero-order valence-electron chi connectivity index (χ0n) is 12.6. The minimum absolute atomic E-state index is 0.531. The molecule has 0 radical (unpaired) electrons. The zero-order valence-corrected chi connectivity index (χ0v) is 14.7. The lowest BCUT2D eigenvalue weighted by molar-refractivity contribution is 0.286. The Balaban J connectivity index is 1.70. The topological polar surface area (TPSA) is 28.2 Å². The highest BCUT2D eigenvalue weighted by Gasteiger charge is 2.32. The van der Waals surface area contributed by atoms with Gasteiger partial charge < -0.3 is 5.32 Å². The van der Waals surface area contributed by atoms with Gasteiger partial charge in [0.2, 0.25) is 0 Å². The summed E-state index contributed by atoms with van der Waals surface area (Å²) in [6, 6.07) is 9.14. The van der Waals surface area contributed by atoms with Gasteiger partial charge in [-0.3, -0.25) is 9.88 Å². The van der Waals surface area contributed by atoms with Gasteiger partial charge in [-0.05, 0) is 35.9 Å². The number of hydrogen-bond acceptors (Lipinski definition) is 3. The van der Waals surface area contributed by atoms with E-state index < -0.39 is 0 Å². The number of nitrogens with one attached hydrogen (secondary N) is 1. The molecule has 1 aromatic carbocycles. The van der Waals surface area contributed by atoms with E-state index in [1.165, 1.54) is 36.0 Å². The Labute approximate surface area is 140 Å². The molecule has 1 saturated heterocycles. The van der Waals surface area contributed by atoms with Crippen molar-refractivity contribution in [2.45, 2.75) is 30.4 Å². The second-order valence-electron chi connectivity index (χ2n) is 6.24. The van der Waals surface area contributed by atoms with Gasteiger partial charge in [0.15, 0.2) is 0 Å². The number of benzene rings is 1. The van der Waals surface area contributed by atoms with E-state index in [4.69, 9.17) is 0 Å². The largest absolute Gasteiger partial charge is 0.380 e. The fourth-order valence-electron chi connectivity index (χ4n) is 3.01. The second kappa shape index (κ2) is 6.48. The lowest BCUT2D eigenvalue weighted by atomic mass is 10.1. The van der Waals surface area contributed by atoms with Crippen molar-refractivity contribution in [3.8, 4) is 0 Å². The number of halogens is 1. The van der Waals surface area contributed by atoms with Gasteiger partial charge in [0.1, 0.15) is 0 Å². The molecule has 0 saturated carbocycles. The van der Waals surface area contributed by atoms with Crippen LogP contribution in [0.15, 0.2) is 36.7 Å². The summed E-state index contributed by atoms with van der Waals surface area (Å²) in [5.74, 6) is 0.731. The number of rotatable bonds is 4. The normalized spacial score (nSPS) is 23.0. The number of fused-ring (bicyclic) bond motifs is 1. The Kier molecular flexibility index (Phi) is 4.64. The van der Waals surface area contributed by atoms with E-state index in [-0.39, 0.29) is 0 Å².